The minimum Gasteiger partial charge on any atom is -0.465 e. The second-order valence-corrected chi connectivity index (χ2v) is 7.33. The Morgan fingerprint density at radius 1 is 1.03 bits per heavy atom. The summed E-state index contributed by atoms with van der Waals surface area (Å²) < 4.78 is 9.97. The molecule has 7 nitrogen and oxygen atoms in total. The molecule has 0 aliphatic carbocycles. The molecule has 1 heterocycles. The minimum absolute atomic E-state index is 0.0144. The van der Waals surface area contributed by atoms with Crippen LogP contribution in [0.4, 0.5) is 5.69 Å². The molecule has 8 heteroatoms. The monoisotopic (exact) mass is 429 g/mol. The van der Waals surface area contributed by atoms with E-state index in [0.717, 1.165) is 0 Å². The van der Waals surface area contributed by atoms with Gasteiger partial charge in [0.1, 0.15) is 0 Å². The zero-order valence-corrected chi connectivity index (χ0v) is 17.2. The Morgan fingerprint density at radius 3 is 2.23 bits per heavy atom. The van der Waals surface area contributed by atoms with E-state index in [2.05, 4.69) is 4.74 Å². The molecule has 2 aromatic carbocycles. The number of Topliss-reactive ketones (excluding diaryl/α,β-unsaturated/α-hetero) is 1. The molecule has 30 heavy (non-hydrogen) atoms. The van der Waals surface area contributed by atoms with Gasteiger partial charge in [-0.05, 0) is 55.5 Å². The van der Waals surface area contributed by atoms with Crippen molar-refractivity contribution < 1.29 is 28.7 Å². The Bertz CT molecular complexity index is 970. The lowest BCUT2D eigenvalue weighted by Crippen LogP contribution is -2.30. The number of anilines is 1. The Balaban J connectivity index is 1.62. The summed E-state index contributed by atoms with van der Waals surface area (Å²) in [6, 6.07) is 12.6. The molecule has 0 unspecified atom stereocenters. The molecule has 2 aromatic rings. The maximum atomic E-state index is 12.5. The van der Waals surface area contributed by atoms with Crippen LogP contribution in [0.15, 0.2) is 48.5 Å². The molecule has 2 atom stereocenters. The van der Waals surface area contributed by atoms with Crippen LogP contribution in [0.25, 0.3) is 0 Å². The van der Waals surface area contributed by atoms with Gasteiger partial charge in [-0.25, -0.2) is 4.79 Å². The van der Waals surface area contributed by atoms with E-state index in [9.17, 15) is 19.2 Å². The van der Waals surface area contributed by atoms with Gasteiger partial charge in [-0.15, -0.1) is 0 Å². The summed E-state index contributed by atoms with van der Waals surface area (Å²) in [6.45, 7) is 1.63. The number of carbonyl (C=O) groups excluding carboxylic acids is 4. The summed E-state index contributed by atoms with van der Waals surface area (Å²) in [5, 5.41) is 0.500. The van der Waals surface area contributed by atoms with Crippen LogP contribution in [-0.4, -0.2) is 43.4 Å². The van der Waals surface area contributed by atoms with Crippen LogP contribution in [0.3, 0.4) is 0 Å². The smallest absolute Gasteiger partial charge is 0.337 e. The van der Waals surface area contributed by atoms with Crippen LogP contribution in [0.2, 0.25) is 5.02 Å². The zero-order chi connectivity index (χ0) is 21.8. The maximum Gasteiger partial charge on any atom is 0.337 e. The van der Waals surface area contributed by atoms with Crippen molar-refractivity contribution in [3.05, 3.63) is 64.7 Å². The van der Waals surface area contributed by atoms with Gasteiger partial charge in [0.25, 0.3) is 0 Å². The van der Waals surface area contributed by atoms with E-state index in [-0.39, 0.29) is 24.7 Å². The number of ether oxygens (including phenoxy) is 2. The molecule has 0 bridgehead atoms. The number of rotatable bonds is 6. The Hall–Kier alpha value is -3.19. The van der Waals surface area contributed by atoms with Crippen molar-refractivity contribution in [3.8, 4) is 0 Å². The minimum atomic E-state index is -0.984. The standard InChI is InChI=1S/C22H20ClNO6/c1-13(20(26)14-3-7-17(23)8-4-14)30-22(28)16-11-19(25)24(12-16)18-9-5-15(6-10-18)21(27)29-2/h3-10,13,16H,11-12H2,1-2H3/t13-,16+/m0/s1. The van der Waals surface area contributed by atoms with E-state index >= 15 is 0 Å². The number of hydrogen-bond donors (Lipinski definition) is 0. The van der Waals surface area contributed by atoms with Gasteiger partial charge in [0, 0.05) is 29.2 Å². The topological polar surface area (TPSA) is 90.0 Å². The van der Waals surface area contributed by atoms with Crippen molar-refractivity contribution >= 4 is 40.9 Å². The van der Waals surface area contributed by atoms with E-state index in [4.69, 9.17) is 16.3 Å². The van der Waals surface area contributed by atoms with Gasteiger partial charge in [0.15, 0.2) is 6.10 Å². The largest absolute Gasteiger partial charge is 0.465 e. The molecule has 0 spiro atoms. The average Bonchev–Trinajstić information content (AvgIpc) is 3.15. The van der Waals surface area contributed by atoms with E-state index in [0.29, 0.717) is 21.8 Å². The zero-order valence-electron chi connectivity index (χ0n) is 16.5. The lowest BCUT2D eigenvalue weighted by atomic mass is 10.1. The third-order valence-corrected chi connectivity index (χ3v) is 5.10. The first-order valence-corrected chi connectivity index (χ1v) is 9.67. The first-order valence-electron chi connectivity index (χ1n) is 9.29. The van der Waals surface area contributed by atoms with Gasteiger partial charge in [-0.2, -0.15) is 0 Å². The van der Waals surface area contributed by atoms with Crippen molar-refractivity contribution in [1.29, 1.82) is 0 Å². The normalized spacial score (nSPS) is 16.8. The van der Waals surface area contributed by atoms with Crippen molar-refractivity contribution in [2.24, 2.45) is 5.92 Å². The maximum absolute atomic E-state index is 12.5. The average molecular weight is 430 g/mol. The lowest BCUT2D eigenvalue weighted by Gasteiger charge is -2.18. The van der Waals surface area contributed by atoms with Crippen molar-refractivity contribution in [1.82, 2.24) is 0 Å². The molecule has 1 amide bonds. The van der Waals surface area contributed by atoms with Gasteiger partial charge < -0.3 is 14.4 Å². The predicted molar refractivity (Wildman–Crippen MR) is 110 cm³/mol. The molecule has 156 valence electrons. The van der Waals surface area contributed by atoms with Crippen LogP contribution >= 0.6 is 11.6 Å². The van der Waals surface area contributed by atoms with Crippen molar-refractivity contribution in [2.45, 2.75) is 19.4 Å². The Kier molecular flexibility index (Phi) is 6.52. The number of nitrogens with zero attached hydrogens (tertiary/aromatic N) is 1. The number of hydrogen-bond acceptors (Lipinski definition) is 6. The number of carbonyl (C=O) groups is 4. The summed E-state index contributed by atoms with van der Waals surface area (Å²) in [5.74, 6) is -2.35. The molecule has 0 N–H and O–H groups in total. The van der Waals surface area contributed by atoms with Gasteiger partial charge in [-0.1, -0.05) is 11.6 Å². The number of ketones is 1. The van der Waals surface area contributed by atoms with E-state index < -0.39 is 24.0 Å². The molecule has 3 rings (SSSR count). The molecule has 0 aromatic heterocycles. The fourth-order valence-corrected chi connectivity index (χ4v) is 3.31. The SMILES string of the molecule is COC(=O)c1ccc(N2C[C@H](C(=O)O[C@@H](C)C(=O)c3ccc(Cl)cc3)CC2=O)cc1. The summed E-state index contributed by atoms with van der Waals surface area (Å²) in [4.78, 5) is 50.3. The van der Waals surface area contributed by atoms with Crippen LogP contribution in [0.1, 0.15) is 34.1 Å². The first-order chi connectivity index (χ1) is 14.3. The summed E-state index contributed by atoms with van der Waals surface area (Å²) in [5.41, 5.74) is 1.31. The van der Waals surface area contributed by atoms with Crippen LogP contribution in [0.5, 0.6) is 0 Å². The van der Waals surface area contributed by atoms with E-state index in [1.165, 1.54) is 18.9 Å². The first kappa shape index (κ1) is 21.5. The molecular formula is C22H20ClNO6. The highest BCUT2D eigenvalue weighted by atomic mass is 35.5. The van der Waals surface area contributed by atoms with E-state index in [1.54, 1.807) is 48.5 Å². The Morgan fingerprint density at radius 2 is 1.63 bits per heavy atom. The number of halogens is 1. The van der Waals surface area contributed by atoms with E-state index in [1.807, 2.05) is 0 Å². The molecule has 0 saturated carbocycles. The number of amides is 1. The molecule has 1 aliphatic rings. The molecule has 1 fully saturated rings. The second-order valence-electron chi connectivity index (χ2n) is 6.89. The fraction of sp³-hybridized carbons (Fsp3) is 0.273. The van der Waals surface area contributed by atoms with Crippen LogP contribution < -0.4 is 4.90 Å². The van der Waals surface area contributed by atoms with Gasteiger partial charge in [0.2, 0.25) is 11.7 Å². The van der Waals surface area contributed by atoms with Gasteiger partial charge >= 0.3 is 11.9 Å². The number of methoxy groups -OCH3 is 1. The number of esters is 2. The summed E-state index contributed by atoms with van der Waals surface area (Å²) in [6.07, 6.45) is -0.999. The molecular weight excluding hydrogens is 410 g/mol. The highest BCUT2D eigenvalue weighted by molar-refractivity contribution is 6.30. The second kappa shape index (κ2) is 9.09. The molecule has 0 radical (unpaired) electrons. The van der Waals surface area contributed by atoms with Gasteiger partial charge in [0.05, 0.1) is 18.6 Å². The van der Waals surface area contributed by atoms with Gasteiger partial charge in [-0.3, -0.25) is 14.4 Å². The predicted octanol–water partition coefficient (Wildman–Crippen LogP) is 3.29. The summed E-state index contributed by atoms with van der Waals surface area (Å²) >= 11 is 5.82. The quantitative estimate of drug-likeness (QED) is 0.517. The fourth-order valence-electron chi connectivity index (χ4n) is 3.18. The Labute approximate surface area is 178 Å². The van der Waals surface area contributed by atoms with Crippen LogP contribution in [0, 0.1) is 5.92 Å². The third-order valence-electron chi connectivity index (χ3n) is 4.85. The molecule has 1 saturated heterocycles. The van der Waals surface area contributed by atoms with Crippen molar-refractivity contribution in [3.63, 3.8) is 0 Å². The lowest BCUT2D eigenvalue weighted by molar-refractivity contribution is -0.151. The van der Waals surface area contributed by atoms with Crippen molar-refractivity contribution in [2.75, 3.05) is 18.6 Å². The molecule has 1 aliphatic heterocycles. The third kappa shape index (κ3) is 4.68. The van der Waals surface area contributed by atoms with Crippen LogP contribution in [-0.2, 0) is 19.1 Å². The number of benzene rings is 2. The highest BCUT2D eigenvalue weighted by Gasteiger charge is 2.37. The summed E-state index contributed by atoms with van der Waals surface area (Å²) in [7, 11) is 1.29. The highest BCUT2D eigenvalue weighted by Crippen LogP contribution is 2.27.